The van der Waals surface area contributed by atoms with E-state index in [1.165, 1.54) is 5.56 Å². The molecular formula is C37H40N2O7. The van der Waals surface area contributed by atoms with Gasteiger partial charge in [0.15, 0.2) is 34.5 Å². The average molecular weight is 625 g/mol. The van der Waals surface area contributed by atoms with Gasteiger partial charge < -0.3 is 38.5 Å². The zero-order valence-electron chi connectivity index (χ0n) is 27.2. The molecule has 9 nitrogen and oxygen atoms in total. The average Bonchev–Trinajstić information content (AvgIpc) is 3.08. The number of hydrogen-bond acceptors (Lipinski definition) is 9. The molecule has 0 radical (unpaired) electrons. The van der Waals surface area contributed by atoms with E-state index in [9.17, 15) is 0 Å². The van der Waals surface area contributed by atoms with Crippen molar-refractivity contribution in [3.8, 4) is 51.7 Å². The second kappa shape index (κ2) is 12.3. The standard InChI is InChI=1S/C37H40N2O7/c1-39-16-14-25-32-27(39)17-21-7-12-28(40-2)30(18-21)45-24-10-8-22(9-11-24)33-26-20-31(29(41-3)19-23(26)13-15-38-33)46-35(32)37(44-6)36(43-5)34(25)42-4/h7-12,18-20,27,33,38H,13-17H2,1-6H3/t27-,33+/m1/s1. The van der Waals surface area contributed by atoms with Gasteiger partial charge in [0.05, 0.1) is 41.6 Å². The summed E-state index contributed by atoms with van der Waals surface area (Å²) in [4.78, 5) is 2.35. The lowest BCUT2D eigenvalue weighted by molar-refractivity contribution is 0.216. The third-order valence-electron chi connectivity index (χ3n) is 9.44. The quantitative estimate of drug-likeness (QED) is 0.263. The van der Waals surface area contributed by atoms with Crippen molar-refractivity contribution in [1.82, 2.24) is 10.2 Å². The van der Waals surface area contributed by atoms with Crippen LogP contribution in [0.1, 0.15) is 45.5 Å². The Morgan fingerprint density at radius 2 is 1.48 bits per heavy atom. The van der Waals surface area contributed by atoms with Gasteiger partial charge in [0, 0.05) is 30.3 Å². The van der Waals surface area contributed by atoms with Crippen molar-refractivity contribution < 1.29 is 33.2 Å². The van der Waals surface area contributed by atoms with Crippen LogP contribution in [0.4, 0.5) is 0 Å². The van der Waals surface area contributed by atoms with Gasteiger partial charge in [-0.05, 0) is 85.0 Å². The van der Waals surface area contributed by atoms with E-state index >= 15 is 0 Å². The number of nitrogens with zero attached hydrogens (tertiary/aromatic N) is 1. The molecule has 0 saturated carbocycles. The highest BCUT2D eigenvalue weighted by atomic mass is 16.6. The van der Waals surface area contributed by atoms with E-state index in [0.29, 0.717) is 52.4 Å². The maximum atomic E-state index is 7.02. The second-order valence-corrected chi connectivity index (χ2v) is 11.9. The summed E-state index contributed by atoms with van der Waals surface area (Å²) in [5.41, 5.74) is 6.58. The number of rotatable bonds is 5. The highest BCUT2D eigenvalue weighted by Gasteiger charge is 2.37. The minimum absolute atomic E-state index is 0.0419. The van der Waals surface area contributed by atoms with Crippen LogP contribution in [-0.4, -0.2) is 60.6 Å². The predicted molar refractivity (Wildman–Crippen MR) is 175 cm³/mol. The zero-order chi connectivity index (χ0) is 31.9. The molecule has 240 valence electrons. The van der Waals surface area contributed by atoms with E-state index in [4.69, 9.17) is 33.2 Å². The Morgan fingerprint density at radius 1 is 0.739 bits per heavy atom. The van der Waals surface area contributed by atoms with Gasteiger partial charge in [0.2, 0.25) is 11.5 Å². The zero-order valence-corrected chi connectivity index (χ0v) is 27.2. The maximum absolute atomic E-state index is 7.02. The van der Waals surface area contributed by atoms with Gasteiger partial charge in [-0.25, -0.2) is 0 Å². The first-order valence-electron chi connectivity index (χ1n) is 15.6. The summed E-state index contributed by atoms with van der Waals surface area (Å²) in [6.45, 7) is 1.67. The summed E-state index contributed by atoms with van der Waals surface area (Å²) >= 11 is 0. The molecule has 4 heterocycles. The Balaban J connectivity index is 1.52. The summed E-state index contributed by atoms with van der Waals surface area (Å²) < 4.78 is 43.2. The minimum Gasteiger partial charge on any atom is -0.493 e. The summed E-state index contributed by atoms with van der Waals surface area (Å²) in [7, 11) is 10.4. The Hall–Kier alpha value is -4.60. The van der Waals surface area contributed by atoms with Crippen LogP contribution < -0.4 is 38.5 Å². The van der Waals surface area contributed by atoms with Crippen LogP contribution in [0.15, 0.2) is 54.6 Å². The minimum atomic E-state index is -0.0821. The lowest BCUT2D eigenvalue weighted by Crippen LogP contribution is -2.34. The smallest absolute Gasteiger partial charge is 0.208 e. The third kappa shape index (κ3) is 5.04. The van der Waals surface area contributed by atoms with Crippen LogP contribution in [-0.2, 0) is 19.3 Å². The summed E-state index contributed by atoms with van der Waals surface area (Å²) in [6, 6.07) is 18.4. The molecule has 0 amide bonds. The van der Waals surface area contributed by atoms with Crippen molar-refractivity contribution >= 4 is 0 Å². The van der Waals surface area contributed by atoms with Crippen molar-refractivity contribution in [1.29, 1.82) is 0 Å². The SMILES string of the molecule is COc1ccc2cc1Oc1ccc(cc1)[C@@H]1NCCc3cc(OC)c(cc31)Oc1c(OC)c(OC)c(OC)c3c1[C@@H](C2)N(C)CC3. The summed E-state index contributed by atoms with van der Waals surface area (Å²) in [6.07, 6.45) is 2.30. The van der Waals surface area contributed by atoms with Gasteiger partial charge in [-0.15, -0.1) is 0 Å². The Bertz CT molecular complexity index is 1770. The predicted octanol–water partition coefficient (Wildman–Crippen LogP) is 6.63. The number of likely N-dealkylation sites (N-methyl/N-ethyl adjacent to an activating group) is 1. The first-order chi connectivity index (χ1) is 22.5. The number of nitrogens with one attached hydrogen (secondary N) is 1. The van der Waals surface area contributed by atoms with E-state index in [2.05, 4.69) is 53.7 Å². The second-order valence-electron chi connectivity index (χ2n) is 11.9. The van der Waals surface area contributed by atoms with Gasteiger partial charge in [0.25, 0.3) is 0 Å². The fourth-order valence-corrected chi connectivity index (χ4v) is 7.15. The molecule has 4 aliphatic heterocycles. The van der Waals surface area contributed by atoms with Crippen molar-refractivity contribution in [3.05, 3.63) is 88.0 Å². The van der Waals surface area contributed by atoms with Gasteiger partial charge in [-0.2, -0.15) is 0 Å². The molecular weight excluding hydrogens is 584 g/mol. The van der Waals surface area contributed by atoms with Gasteiger partial charge in [0.1, 0.15) is 5.75 Å². The van der Waals surface area contributed by atoms with E-state index < -0.39 is 0 Å². The maximum Gasteiger partial charge on any atom is 0.208 e. The molecule has 0 saturated heterocycles. The number of fused-ring (bicyclic) bond motifs is 2. The molecule has 0 unspecified atom stereocenters. The topological polar surface area (TPSA) is 79.9 Å². The monoisotopic (exact) mass is 624 g/mol. The molecule has 6 bridgehead atoms. The van der Waals surface area contributed by atoms with Crippen molar-refractivity contribution in [2.45, 2.75) is 31.3 Å². The first-order valence-corrected chi connectivity index (χ1v) is 15.6. The summed E-state index contributed by atoms with van der Waals surface area (Å²) in [5.74, 6) is 5.55. The van der Waals surface area contributed by atoms with E-state index in [-0.39, 0.29) is 12.1 Å². The van der Waals surface area contributed by atoms with Crippen molar-refractivity contribution in [3.63, 3.8) is 0 Å². The number of hydrogen-bond donors (Lipinski definition) is 1. The van der Waals surface area contributed by atoms with Crippen molar-refractivity contribution in [2.75, 3.05) is 55.7 Å². The molecule has 4 aromatic carbocycles. The van der Waals surface area contributed by atoms with Gasteiger partial charge >= 0.3 is 0 Å². The molecule has 0 aliphatic carbocycles. The highest BCUT2D eigenvalue weighted by Crippen LogP contribution is 2.56. The molecule has 46 heavy (non-hydrogen) atoms. The molecule has 8 rings (SSSR count). The fraction of sp³-hybridized carbons (Fsp3) is 0.351. The first kappa shape index (κ1) is 30.1. The van der Waals surface area contributed by atoms with Crippen LogP contribution in [0.2, 0.25) is 0 Å². The molecule has 2 atom stereocenters. The fourth-order valence-electron chi connectivity index (χ4n) is 7.15. The van der Waals surface area contributed by atoms with Crippen LogP contribution in [0.3, 0.4) is 0 Å². The highest BCUT2D eigenvalue weighted by molar-refractivity contribution is 5.70. The lowest BCUT2D eigenvalue weighted by atomic mass is 9.86. The molecule has 1 N–H and O–H groups in total. The number of benzene rings is 4. The van der Waals surface area contributed by atoms with E-state index in [1.54, 1.807) is 35.5 Å². The molecule has 0 fully saturated rings. The van der Waals surface area contributed by atoms with Gasteiger partial charge in [-0.3, -0.25) is 4.90 Å². The number of ether oxygens (including phenoxy) is 7. The largest absolute Gasteiger partial charge is 0.493 e. The molecule has 0 aromatic heterocycles. The van der Waals surface area contributed by atoms with Gasteiger partial charge in [-0.1, -0.05) is 18.2 Å². The van der Waals surface area contributed by atoms with Crippen LogP contribution >= 0.6 is 0 Å². The lowest BCUT2D eigenvalue weighted by Gasteiger charge is -2.37. The third-order valence-corrected chi connectivity index (χ3v) is 9.44. The van der Waals surface area contributed by atoms with Crippen LogP contribution in [0.25, 0.3) is 0 Å². The van der Waals surface area contributed by atoms with E-state index in [0.717, 1.165) is 59.5 Å². The summed E-state index contributed by atoms with van der Waals surface area (Å²) in [5, 5.41) is 3.71. The Labute approximate surface area is 269 Å². The molecule has 0 spiro atoms. The normalized spacial score (nSPS) is 18.4. The Kier molecular flexibility index (Phi) is 8.04. The Morgan fingerprint density at radius 3 is 2.20 bits per heavy atom. The van der Waals surface area contributed by atoms with Crippen molar-refractivity contribution in [2.24, 2.45) is 0 Å². The number of methoxy groups -OCH3 is 5. The molecule has 4 aliphatic rings. The van der Waals surface area contributed by atoms with Crippen LogP contribution in [0, 0.1) is 0 Å². The van der Waals surface area contributed by atoms with E-state index in [1.807, 2.05) is 18.2 Å². The molecule has 9 heteroatoms. The van der Waals surface area contributed by atoms with Crippen LogP contribution in [0.5, 0.6) is 51.7 Å². The molecule has 4 aromatic rings.